The maximum atomic E-state index is 11.2. The van der Waals surface area contributed by atoms with Crippen molar-refractivity contribution in [2.24, 2.45) is 0 Å². The minimum Gasteiger partial charge on any atom is -0.400 e. The van der Waals surface area contributed by atoms with Gasteiger partial charge in [0, 0.05) is 51.7 Å². The number of aliphatic hydroxyl groups excluding tert-OH is 1. The van der Waals surface area contributed by atoms with Gasteiger partial charge in [-0.25, -0.2) is 9.97 Å². The second-order valence-corrected chi connectivity index (χ2v) is 7.53. The lowest BCUT2D eigenvalue weighted by molar-refractivity contribution is -0.104. The van der Waals surface area contributed by atoms with Gasteiger partial charge in [-0.15, -0.1) is 0 Å². The number of aromatic nitrogens is 5. The molecule has 0 unspecified atom stereocenters. The Bertz CT molecular complexity index is 1150. The summed E-state index contributed by atoms with van der Waals surface area (Å²) in [6, 6.07) is 3.95. The number of anilines is 2. The fourth-order valence-corrected chi connectivity index (χ4v) is 3.20. The molecule has 3 aromatic heterocycles. The van der Waals surface area contributed by atoms with Crippen LogP contribution in [-0.4, -0.2) is 43.1 Å². The van der Waals surface area contributed by atoms with Crippen LogP contribution in [0, 0.1) is 0 Å². The van der Waals surface area contributed by atoms with Gasteiger partial charge in [-0.1, -0.05) is 38.5 Å². The van der Waals surface area contributed by atoms with E-state index in [9.17, 15) is 4.79 Å². The Morgan fingerprint density at radius 3 is 2.81 bits per heavy atom. The number of hydrogen-bond donors (Lipinski definition) is 3. The van der Waals surface area contributed by atoms with Crippen LogP contribution in [-0.2, 0) is 4.79 Å². The third-order valence-electron chi connectivity index (χ3n) is 4.80. The Balaban J connectivity index is 0.000000769. The molecule has 5 rings (SSSR count). The quantitative estimate of drug-likeness (QED) is 0.481. The molecule has 0 saturated heterocycles. The number of imidazole rings is 1. The van der Waals surface area contributed by atoms with Crippen molar-refractivity contribution in [1.29, 1.82) is 0 Å². The molecule has 2 aliphatic rings. The van der Waals surface area contributed by atoms with Crippen molar-refractivity contribution in [1.82, 2.24) is 24.6 Å². The SMILES string of the molecule is CCC.CO.O=CC1=CC(c2cc3nccn3c(Nc3cc(C4CC4)[nH]n3)n2)=CC=CC1.[HH].[HH]. The van der Waals surface area contributed by atoms with Crippen LogP contribution in [0.3, 0.4) is 0 Å². The first-order valence-corrected chi connectivity index (χ1v) is 10.9. The first kappa shape index (κ1) is 23.1. The molecule has 8 nitrogen and oxygen atoms in total. The highest BCUT2D eigenvalue weighted by Crippen LogP contribution is 2.39. The van der Waals surface area contributed by atoms with Crippen LogP contribution >= 0.6 is 0 Å². The lowest BCUT2D eigenvalue weighted by atomic mass is 10.1. The average Bonchev–Trinajstić information content (AvgIpc) is 3.46. The zero-order chi connectivity index (χ0) is 22.9. The van der Waals surface area contributed by atoms with Crippen LogP contribution in [0.4, 0.5) is 11.8 Å². The third-order valence-corrected chi connectivity index (χ3v) is 4.80. The van der Waals surface area contributed by atoms with E-state index in [1.54, 1.807) is 6.20 Å². The predicted octanol–water partition coefficient (Wildman–Crippen LogP) is 5.06. The van der Waals surface area contributed by atoms with E-state index in [0.29, 0.717) is 18.3 Å². The van der Waals surface area contributed by atoms with Gasteiger partial charge in [-0.3, -0.25) is 14.3 Å². The topological polar surface area (TPSA) is 108 Å². The summed E-state index contributed by atoms with van der Waals surface area (Å²) in [6.07, 6.45) is 16.5. The molecule has 1 fully saturated rings. The van der Waals surface area contributed by atoms with Crippen LogP contribution in [0.2, 0.25) is 0 Å². The fraction of sp³-hybridized carbons (Fsp3) is 0.333. The van der Waals surface area contributed by atoms with E-state index in [-0.39, 0.29) is 2.85 Å². The zero-order valence-corrected chi connectivity index (χ0v) is 18.7. The van der Waals surface area contributed by atoms with E-state index < -0.39 is 0 Å². The van der Waals surface area contributed by atoms with Gasteiger partial charge < -0.3 is 10.4 Å². The Kier molecular flexibility index (Phi) is 8.10. The molecular weight excluding hydrogens is 404 g/mol. The summed E-state index contributed by atoms with van der Waals surface area (Å²) in [7, 11) is 1.00. The van der Waals surface area contributed by atoms with Crippen LogP contribution in [0.25, 0.3) is 11.2 Å². The number of aldehydes is 1. The summed E-state index contributed by atoms with van der Waals surface area (Å²) in [5.41, 5.74) is 4.28. The molecule has 172 valence electrons. The van der Waals surface area contributed by atoms with Crippen molar-refractivity contribution >= 4 is 29.3 Å². The largest absolute Gasteiger partial charge is 0.400 e. The van der Waals surface area contributed by atoms with Crippen molar-refractivity contribution < 1.29 is 12.8 Å². The highest BCUT2D eigenvalue weighted by molar-refractivity contribution is 5.85. The molecular formula is C24H34N6O2. The van der Waals surface area contributed by atoms with Crippen LogP contribution in [0.15, 0.2) is 54.4 Å². The molecule has 0 radical (unpaired) electrons. The van der Waals surface area contributed by atoms with E-state index >= 15 is 0 Å². The van der Waals surface area contributed by atoms with Crippen LogP contribution < -0.4 is 5.32 Å². The lowest BCUT2D eigenvalue weighted by Crippen LogP contribution is -2.04. The second kappa shape index (κ2) is 11.2. The van der Waals surface area contributed by atoms with Gasteiger partial charge in [0.2, 0.25) is 5.95 Å². The van der Waals surface area contributed by atoms with E-state index in [2.05, 4.69) is 34.3 Å². The molecule has 0 aliphatic heterocycles. The number of nitrogens with one attached hydrogen (secondary N) is 2. The van der Waals surface area contributed by atoms with E-state index in [4.69, 9.17) is 10.1 Å². The standard InChI is InChI=1S/C20H18N6O.C3H8.CH4O.2H2/c27-12-13-3-1-2-4-15(9-13)16-11-19-21-7-8-26(19)20(22-16)23-18-10-17(24-25-18)14-5-6-14;1-3-2;1-2;;/h1-2,4,7-12,14H,3,5-6H2,(H2,22,23,24,25);3H2,1-2H3;2H,1H3;2*1H. The maximum absolute atomic E-state index is 11.2. The van der Waals surface area contributed by atoms with Crippen molar-refractivity contribution in [3.05, 3.63) is 65.8 Å². The number of fused-ring (bicyclic) bond motifs is 1. The molecule has 3 N–H and O–H groups in total. The number of rotatable bonds is 5. The Hall–Kier alpha value is -3.52. The highest BCUT2D eigenvalue weighted by atomic mass is 16.2. The highest BCUT2D eigenvalue weighted by Gasteiger charge is 2.25. The smallest absolute Gasteiger partial charge is 0.214 e. The minimum atomic E-state index is 0. The number of carbonyl (C=O) groups excluding carboxylic acids is 1. The molecule has 3 heterocycles. The zero-order valence-electron chi connectivity index (χ0n) is 18.7. The van der Waals surface area contributed by atoms with Gasteiger partial charge in [-0.2, -0.15) is 5.10 Å². The molecule has 0 amide bonds. The monoisotopic (exact) mass is 438 g/mol. The van der Waals surface area contributed by atoms with E-state index in [1.807, 2.05) is 47.0 Å². The van der Waals surface area contributed by atoms with Gasteiger partial charge in [-0.05, 0) is 30.9 Å². The van der Waals surface area contributed by atoms with Crippen molar-refractivity contribution in [2.45, 2.75) is 45.4 Å². The number of aromatic amines is 1. The first-order valence-electron chi connectivity index (χ1n) is 10.9. The number of H-pyrrole nitrogens is 1. The van der Waals surface area contributed by atoms with E-state index in [1.165, 1.54) is 19.3 Å². The lowest BCUT2D eigenvalue weighted by Gasteiger charge is -2.09. The number of nitrogens with zero attached hydrogens (tertiary/aromatic N) is 4. The summed E-state index contributed by atoms with van der Waals surface area (Å²) < 4.78 is 1.88. The second-order valence-electron chi connectivity index (χ2n) is 7.53. The summed E-state index contributed by atoms with van der Waals surface area (Å²) in [6.45, 7) is 4.25. The number of allylic oxidation sites excluding steroid dienone is 6. The molecule has 0 aromatic carbocycles. The third kappa shape index (κ3) is 5.59. The Labute approximate surface area is 190 Å². The van der Waals surface area contributed by atoms with Gasteiger partial charge in [0.25, 0.3) is 0 Å². The molecule has 3 aromatic rings. The van der Waals surface area contributed by atoms with Gasteiger partial charge in [0.15, 0.2) is 5.82 Å². The average molecular weight is 439 g/mol. The number of carbonyl (C=O) groups is 1. The molecule has 32 heavy (non-hydrogen) atoms. The van der Waals surface area contributed by atoms with Crippen LogP contribution in [0.5, 0.6) is 0 Å². The maximum Gasteiger partial charge on any atom is 0.214 e. The molecule has 1 saturated carbocycles. The minimum absolute atomic E-state index is 0. The van der Waals surface area contributed by atoms with Gasteiger partial charge in [0.1, 0.15) is 11.9 Å². The molecule has 8 heteroatoms. The molecule has 0 atom stereocenters. The first-order chi connectivity index (χ1) is 15.7. The molecule has 0 bridgehead atoms. The van der Waals surface area contributed by atoms with Crippen LogP contribution in [0.1, 0.15) is 59.7 Å². The van der Waals surface area contributed by atoms with Gasteiger partial charge in [0.05, 0.1) is 5.69 Å². The number of hydrogen-bond acceptors (Lipinski definition) is 6. The molecule has 2 aliphatic carbocycles. The summed E-state index contributed by atoms with van der Waals surface area (Å²) >= 11 is 0. The Morgan fingerprint density at radius 1 is 1.31 bits per heavy atom. The fourth-order valence-electron chi connectivity index (χ4n) is 3.20. The summed E-state index contributed by atoms with van der Waals surface area (Å²) in [4.78, 5) is 20.4. The van der Waals surface area contributed by atoms with Crippen molar-refractivity contribution in [3.8, 4) is 0 Å². The number of aliphatic hydroxyl groups is 1. The van der Waals surface area contributed by atoms with Gasteiger partial charge >= 0.3 is 0 Å². The van der Waals surface area contributed by atoms with Crippen molar-refractivity contribution in [2.75, 3.05) is 12.4 Å². The molecule has 0 spiro atoms. The van der Waals surface area contributed by atoms with Crippen molar-refractivity contribution in [3.63, 3.8) is 0 Å². The summed E-state index contributed by atoms with van der Waals surface area (Å²) in [5.74, 6) is 1.97. The Morgan fingerprint density at radius 2 is 2.09 bits per heavy atom. The summed E-state index contributed by atoms with van der Waals surface area (Å²) in [5, 5.41) is 17.7. The predicted molar refractivity (Wildman–Crippen MR) is 131 cm³/mol. The van der Waals surface area contributed by atoms with E-state index in [0.717, 1.165) is 47.4 Å². The normalized spacial score (nSPS) is 14.9.